The molecular weight excluding hydrogens is 272 g/mol. The zero-order valence-electron chi connectivity index (χ0n) is 9.03. The second-order valence-electron chi connectivity index (χ2n) is 3.18. The standard InChI is InChI=1S/C12H8O4S2/c13-7-16-11(9-4-2-6-18-9)10(12(14)15)8-3-1-5-17-8/h1-7H,(H,14,15)/b11-10+. The van der Waals surface area contributed by atoms with Crippen LogP contribution in [0, 0.1) is 0 Å². The van der Waals surface area contributed by atoms with E-state index in [9.17, 15) is 14.7 Å². The second kappa shape index (κ2) is 5.61. The van der Waals surface area contributed by atoms with Gasteiger partial charge in [-0.3, -0.25) is 4.79 Å². The fourth-order valence-corrected chi connectivity index (χ4v) is 2.91. The van der Waals surface area contributed by atoms with Crippen molar-refractivity contribution in [3.8, 4) is 0 Å². The maximum absolute atomic E-state index is 11.4. The number of carboxylic acid groups (broad SMARTS) is 1. The third kappa shape index (κ3) is 2.49. The van der Waals surface area contributed by atoms with E-state index in [1.165, 1.54) is 22.7 Å². The van der Waals surface area contributed by atoms with Gasteiger partial charge in [0, 0.05) is 4.88 Å². The molecular formula is C12H8O4S2. The molecule has 2 aromatic heterocycles. The van der Waals surface area contributed by atoms with Gasteiger partial charge in [-0.1, -0.05) is 12.1 Å². The van der Waals surface area contributed by atoms with Crippen molar-refractivity contribution in [2.75, 3.05) is 0 Å². The number of carbonyl (C=O) groups excluding carboxylic acids is 1. The van der Waals surface area contributed by atoms with Gasteiger partial charge in [0.2, 0.25) is 0 Å². The lowest BCUT2D eigenvalue weighted by Crippen LogP contribution is -2.03. The summed E-state index contributed by atoms with van der Waals surface area (Å²) < 4.78 is 4.87. The number of carbonyl (C=O) groups is 2. The Morgan fingerprint density at radius 1 is 1.17 bits per heavy atom. The lowest BCUT2D eigenvalue weighted by molar-refractivity contribution is -0.130. The van der Waals surface area contributed by atoms with Crippen LogP contribution in [-0.2, 0) is 14.3 Å². The van der Waals surface area contributed by atoms with Crippen LogP contribution in [0.25, 0.3) is 11.3 Å². The summed E-state index contributed by atoms with van der Waals surface area (Å²) in [6.45, 7) is 0.242. The summed E-state index contributed by atoms with van der Waals surface area (Å²) >= 11 is 2.59. The second-order valence-corrected chi connectivity index (χ2v) is 5.07. The van der Waals surface area contributed by atoms with E-state index in [2.05, 4.69) is 0 Å². The van der Waals surface area contributed by atoms with Crippen molar-refractivity contribution in [1.82, 2.24) is 0 Å². The van der Waals surface area contributed by atoms with Crippen LogP contribution in [0.4, 0.5) is 0 Å². The molecule has 92 valence electrons. The number of hydrogen-bond donors (Lipinski definition) is 1. The van der Waals surface area contributed by atoms with E-state index in [1.54, 1.807) is 35.0 Å². The first-order valence-corrected chi connectivity index (χ1v) is 6.65. The molecule has 0 aliphatic rings. The molecule has 18 heavy (non-hydrogen) atoms. The Bertz CT molecular complexity index is 567. The number of aliphatic carboxylic acids is 1. The summed E-state index contributed by atoms with van der Waals surface area (Å²) in [5, 5.41) is 12.9. The minimum absolute atomic E-state index is 0.000417. The van der Waals surface area contributed by atoms with Crippen molar-refractivity contribution in [2.24, 2.45) is 0 Å². The fourth-order valence-electron chi connectivity index (χ4n) is 1.43. The van der Waals surface area contributed by atoms with E-state index in [0.717, 1.165) is 0 Å². The average Bonchev–Trinajstić information content (AvgIpc) is 3.01. The Morgan fingerprint density at radius 2 is 1.78 bits per heavy atom. The third-order valence-electron chi connectivity index (χ3n) is 2.12. The molecule has 0 unspecified atom stereocenters. The molecule has 0 saturated heterocycles. The SMILES string of the molecule is O=CO/C(=C(/C(=O)O)c1cccs1)c1cccs1. The average molecular weight is 280 g/mol. The Labute approximate surface area is 111 Å². The zero-order chi connectivity index (χ0) is 13.0. The minimum Gasteiger partial charge on any atom is -0.478 e. The van der Waals surface area contributed by atoms with E-state index in [-0.39, 0.29) is 17.8 Å². The third-order valence-corrected chi connectivity index (χ3v) is 3.88. The molecule has 0 aliphatic carbocycles. The fraction of sp³-hybridized carbons (Fsp3) is 0. The molecule has 0 bridgehead atoms. The van der Waals surface area contributed by atoms with E-state index in [0.29, 0.717) is 9.75 Å². The highest BCUT2D eigenvalue weighted by molar-refractivity contribution is 7.12. The Balaban J connectivity index is 2.62. The minimum atomic E-state index is -1.12. The van der Waals surface area contributed by atoms with Crippen LogP contribution >= 0.6 is 22.7 Å². The van der Waals surface area contributed by atoms with Crippen molar-refractivity contribution in [3.05, 3.63) is 44.8 Å². The van der Waals surface area contributed by atoms with E-state index < -0.39 is 5.97 Å². The zero-order valence-corrected chi connectivity index (χ0v) is 10.7. The van der Waals surface area contributed by atoms with Gasteiger partial charge in [0.1, 0.15) is 5.57 Å². The van der Waals surface area contributed by atoms with E-state index >= 15 is 0 Å². The predicted molar refractivity (Wildman–Crippen MR) is 70.2 cm³/mol. The molecule has 2 rings (SSSR count). The lowest BCUT2D eigenvalue weighted by atomic mass is 10.1. The molecule has 0 amide bonds. The summed E-state index contributed by atoms with van der Waals surface area (Å²) in [5.74, 6) is -1.04. The largest absolute Gasteiger partial charge is 0.478 e. The van der Waals surface area contributed by atoms with Crippen molar-refractivity contribution in [3.63, 3.8) is 0 Å². The molecule has 0 spiro atoms. The van der Waals surface area contributed by atoms with Crippen LogP contribution in [0.15, 0.2) is 35.0 Å². The van der Waals surface area contributed by atoms with Crippen LogP contribution in [0.1, 0.15) is 9.75 Å². The first kappa shape index (κ1) is 12.5. The van der Waals surface area contributed by atoms with Gasteiger partial charge in [-0.2, -0.15) is 0 Å². The highest BCUT2D eigenvalue weighted by atomic mass is 32.1. The van der Waals surface area contributed by atoms with Crippen LogP contribution in [0.2, 0.25) is 0 Å². The van der Waals surface area contributed by atoms with Crippen LogP contribution in [0.5, 0.6) is 0 Å². The summed E-state index contributed by atoms with van der Waals surface area (Å²) in [6.07, 6.45) is 0. The first-order valence-electron chi connectivity index (χ1n) is 4.89. The molecule has 4 nitrogen and oxygen atoms in total. The van der Waals surface area contributed by atoms with Gasteiger partial charge in [0.15, 0.2) is 5.76 Å². The topological polar surface area (TPSA) is 63.6 Å². The summed E-state index contributed by atoms with van der Waals surface area (Å²) in [4.78, 5) is 23.1. The van der Waals surface area contributed by atoms with Gasteiger partial charge in [-0.15, -0.1) is 22.7 Å². The van der Waals surface area contributed by atoms with Gasteiger partial charge >= 0.3 is 5.97 Å². The van der Waals surface area contributed by atoms with Crippen molar-refractivity contribution in [1.29, 1.82) is 0 Å². The van der Waals surface area contributed by atoms with Crippen molar-refractivity contribution >= 4 is 46.4 Å². The maximum Gasteiger partial charge on any atom is 0.341 e. The highest BCUT2D eigenvalue weighted by Gasteiger charge is 2.21. The predicted octanol–water partition coefficient (Wildman–Crippen LogP) is 2.94. The van der Waals surface area contributed by atoms with Crippen LogP contribution in [0.3, 0.4) is 0 Å². The molecule has 1 N–H and O–H groups in total. The number of hydrogen-bond acceptors (Lipinski definition) is 5. The molecule has 2 heterocycles. The van der Waals surface area contributed by atoms with Gasteiger partial charge in [0.25, 0.3) is 6.47 Å². The molecule has 0 radical (unpaired) electrons. The number of ether oxygens (including phenoxy) is 1. The van der Waals surface area contributed by atoms with Gasteiger partial charge in [0.05, 0.1) is 4.88 Å². The number of rotatable bonds is 5. The summed E-state index contributed by atoms with van der Waals surface area (Å²) in [7, 11) is 0. The Kier molecular flexibility index (Phi) is 3.91. The first-order chi connectivity index (χ1) is 8.74. The maximum atomic E-state index is 11.4. The monoisotopic (exact) mass is 280 g/mol. The highest BCUT2D eigenvalue weighted by Crippen LogP contribution is 2.32. The smallest absolute Gasteiger partial charge is 0.341 e. The van der Waals surface area contributed by atoms with Gasteiger partial charge < -0.3 is 9.84 Å². The van der Waals surface area contributed by atoms with Crippen LogP contribution < -0.4 is 0 Å². The molecule has 6 heteroatoms. The molecule has 0 aromatic carbocycles. The summed E-state index contributed by atoms with van der Waals surface area (Å²) in [5.41, 5.74) is -0.000417. The summed E-state index contributed by atoms with van der Waals surface area (Å²) in [6, 6.07) is 6.90. The normalized spacial score (nSPS) is 11.8. The van der Waals surface area contributed by atoms with E-state index in [4.69, 9.17) is 4.74 Å². The van der Waals surface area contributed by atoms with Crippen molar-refractivity contribution in [2.45, 2.75) is 0 Å². The van der Waals surface area contributed by atoms with Crippen LogP contribution in [-0.4, -0.2) is 17.5 Å². The molecule has 0 aliphatic heterocycles. The van der Waals surface area contributed by atoms with Gasteiger partial charge in [-0.25, -0.2) is 4.79 Å². The quantitative estimate of drug-likeness (QED) is 0.519. The molecule has 2 aromatic rings. The molecule has 0 saturated carbocycles. The Hall–Kier alpha value is -1.92. The molecule has 0 atom stereocenters. The van der Waals surface area contributed by atoms with Gasteiger partial charge in [-0.05, 0) is 22.9 Å². The van der Waals surface area contributed by atoms with Crippen molar-refractivity contribution < 1.29 is 19.4 Å². The lowest BCUT2D eigenvalue weighted by Gasteiger charge is -2.07. The number of thiophene rings is 2. The number of carboxylic acids is 1. The Morgan fingerprint density at radius 3 is 2.22 bits per heavy atom. The van der Waals surface area contributed by atoms with E-state index in [1.807, 2.05) is 0 Å². The molecule has 0 fully saturated rings.